The highest BCUT2D eigenvalue weighted by atomic mass is 79.9. The number of thioether (sulfide) groups is 1. The Morgan fingerprint density at radius 2 is 2.24 bits per heavy atom. The van der Waals surface area contributed by atoms with Gasteiger partial charge in [0.25, 0.3) is 0 Å². The van der Waals surface area contributed by atoms with Crippen LogP contribution in [0.5, 0.6) is 0 Å². The third-order valence-corrected chi connectivity index (χ3v) is 6.40. The van der Waals surface area contributed by atoms with Gasteiger partial charge in [0.2, 0.25) is 5.16 Å². The first-order valence-corrected chi connectivity index (χ1v) is 9.58. The molecule has 0 unspecified atom stereocenters. The third kappa shape index (κ3) is 3.54. The second kappa shape index (κ2) is 7.02. The molecule has 0 spiro atoms. The molecule has 1 fully saturated rings. The first kappa shape index (κ1) is 15.2. The highest BCUT2D eigenvalue weighted by molar-refractivity contribution is 9.10. The van der Waals surface area contributed by atoms with Gasteiger partial charge in [-0.3, -0.25) is 4.79 Å². The zero-order valence-corrected chi connectivity index (χ0v) is 14.6. The molecule has 112 valence electrons. The van der Waals surface area contributed by atoms with E-state index in [-0.39, 0.29) is 5.78 Å². The summed E-state index contributed by atoms with van der Waals surface area (Å²) in [5.41, 5.74) is 0. The van der Waals surface area contributed by atoms with E-state index in [0.29, 0.717) is 11.8 Å². The van der Waals surface area contributed by atoms with Gasteiger partial charge in [0.1, 0.15) is 0 Å². The zero-order valence-electron chi connectivity index (χ0n) is 11.4. The van der Waals surface area contributed by atoms with Crippen LogP contribution < -0.4 is 0 Å². The van der Waals surface area contributed by atoms with Crippen LogP contribution in [0.2, 0.25) is 0 Å². The topological polar surface area (TPSA) is 60.7 Å². The van der Waals surface area contributed by atoms with Gasteiger partial charge in [-0.25, -0.2) is 4.68 Å². The summed E-state index contributed by atoms with van der Waals surface area (Å²) in [4.78, 5) is 13.0. The Kier molecular flexibility index (Phi) is 5.07. The van der Waals surface area contributed by atoms with Crippen molar-refractivity contribution < 1.29 is 4.79 Å². The number of rotatable bonds is 5. The molecule has 5 nitrogen and oxygen atoms in total. The average Bonchev–Trinajstić information content (AvgIpc) is 3.14. The maximum absolute atomic E-state index is 12.2. The second-order valence-electron chi connectivity index (χ2n) is 5.01. The molecule has 0 radical (unpaired) electrons. The molecular weight excluding hydrogens is 372 g/mol. The van der Waals surface area contributed by atoms with E-state index in [1.807, 2.05) is 16.1 Å². The van der Waals surface area contributed by atoms with Gasteiger partial charge in [-0.2, -0.15) is 0 Å². The normalized spacial score (nSPS) is 16.2. The van der Waals surface area contributed by atoms with Gasteiger partial charge < -0.3 is 0 Å². The number of tetrazole rings is 1. The number of carbonyl (C=O) groups excluding carboxylic acids is 1. The number of thiophene rings is 1. The van der Waals surface area contributed by atoms with E-state index in [2.05, 4.69) is 31.5 Å². The molecule has 2 aromatic heterocycles. The second-order valence-corrected chi connectivity index (χ2v) is 7.72. The highest BCUT2D eigenvalue weighted by Crippen LogP contribution is 2.31. The summed E-state index contributed by atoms with van der Waals surface area (Å²) in [5, 5.41) is 14.6. The third-order valence-electron chi connectivity index (χ3n) is 3.59. The van der Waals surface area contributed by atoms with Gasteiger partial charge in [0.05, 0.1) is 16.7 Å². The summed E-state index contributed by atoms with van der Waals surface area (Å²) in [6, 6.07) is 2.29. The van der Waals surface area contributed by atoms with Crippen molar-refractivity contribution in [2.24, 2.45) is 0 Å². The highest BCUT2D eigenvalue weighted by Gasteiger charge is 2.21. The lowest BCUT2D eigenvalue weighted by molar-refractivity contribution is 0.102. The predicted octanol–water partition coefficient (Wildman–Crippen LogP) is 3.98. The first-order chi connectivity index (χ1) is 10.3. The van der Waals surface area contributed by atoms with Gasteiger partial charge in [-0.05, 0) is 50.6 Å². The molecular formula is C13H15BrN4OS2. The van der Waals surface area contributed by atoms with Crippen molar-refractivity contribution >= 4 is 44.8 Å². The van der Waals surface area contributed by atoms with Gasteiger partial charge in [-0.15, -0.1) is 16.4 Å². The lowest BCUT2D eigenvalue weighted by Crippen LogP contribution is -2.15. The Morgan fingerprint density at radius 1 is 1.43 bits per heavy atom. The smallest absolute Gasteiger partial charge is 0.210 e. The van der Waals surface area contributed by atoms with Gasteiger partial charge in [0.15, 0.2) is 5.78 Å². The van der Waals surface area contributed by atoms with E-state index in [1.165, 1.54) is 42.4 Å². The number of hydrogen-bond acceptors (Lipinski definition) is 6. The summed E-state index contributed by atoms with van der Waals surface area (Å²) in [6.07, 6.45) is 6.02. The minimum absolute atomic E-state index is 0.111. The fraction of sp³-hybridized carbons (Fsp3) is 0.538. The summed E-state index contributed by atoms with van der Waals surface area (Å²) >= 11 is 6.28. The maximum atomic E-state index is 12.2. The molecule has 0 aromatic carbocycles. The largest absolute Gasteiger partial charge is 0.292 e. The van der Waals surface area contributed by atoms with Crippen LogP contribution in [-0.2, 0) is 0 Å². The van der Waals surface area contributed by atoms with Crippen molar-refractivity contribution in [2.45, 2.75) is 43.3 Å². The number of ketones is 1. The molecule has 21 heavy (non-hydrogen) atoms. The lowest BCUT2D eigenvalue weighted by atomic mass is 9.96. The molecule has 8 heteroatoms. The van der Waals surface area contributed by atoms with Crippen LogP contribution in [0.4, 0.5) is 0 Å². The van der Waals surface area contributed by atoms with Crippen LogP contribution in [0.25, 0.3) is 0 Å². The fourth-order valence-corrected chi connectivity index (χ4v) is 4.96. The Bertz CT molecular complexity index is 621. The number of carbonyl (C=O) groups is 1. The fourth-order valence-electron chi connectivity index (χ4n) is 2.52. The molecule has 0 atom stereocenters. The lowest BCUT2D eigenvalue weighted by Gasteiger charge is -2.21. The molecule has 3 rings (SSSR count). The van der Waals surface area contributed by atoms with Crippen LogP contribution in [0.15, 0.2) is 21.1 Å². The van der Waals surface area contributed by atoms with Crippen molar-refractivity contribution in [1.29, 1.82) is 0 Å². The quantitative estimate of drug-likeness (QED) is 0.574. The molecule has 0 aliphatic heterocycles. The predicted molar refractivity (Wildman–Crippen MR) is 87.0 cm³/mol. The number of hydrogen-bond donors (Lipinski definition) is 0. The van der Waals surface area contributed by atoms with Gasteiger partial charge in [-0.1, -0.05) is 31.0 Å². The summed E-state index contributed by atoms with van der Waals surface area (Å²) < 4.78 is 2.77. The van der Waals surface area contributed by atoms with Crippen molar-refractivity contribution in [1.82, 2.24) is 20.2 Å². The zero-order chi connectivity index (χ0) is 14.7. The molecule has 0 amide bonds. The molecule has 1 saturated carbocycles. The first-order valence-electron chi connectivity index (χ1n) is 6.92. The molecule has 1 aliphatic carbocycles. The molecule has 0 N–H and O–H groups in total. The molecule has 0 bridgehead atoms. The summed E-state index contributed by atoms with van der Waals surface area (Å²) in [7, 11) is 0. The standard InChI is InChI=1S/C13H15BrN4OS2/c14-10-6-7-20-12(10)11(19)8-21-13-15-16-17-18(13)9-4-2-1-3-5-9/h6-7,9H,1-5,8H2. The Morgan fingerprint density at radius 3 is 2.95 bits per heavy atom. The van der Waals surface area contributed by atoms with Crippen molar-refractivity contribution in [3.63, 3.8) is 0 Å². The van der Waals surface area contributed by atoms with Crippen LogP contribution in [-0.4, -0.2) is 31.7 Å². The molecule has 2 aromatic rings. The minimum atomic E-state index is 0.111. The van der Waals surface area contributed by atoms with E-state index >= 15 is 0 Å². The Balaban J connectivity index is 1.64. The van der Waals surface area contributed by atoms with Crippen LogP contribution in [0, 0.1) is 0 Å². The van der Waals surface area contributed by atoms with E-state index in [9.17, 15) is 4.79 Å². The number of Topliss-reactive ketones (excluding diaryl/α,β-unsaturated/α-hetero) is 1. The van der Waals surface area contributed by atoms with Crippen molar-refractivity contribution in [3.8, 4) is 0 Å². The Labute approximate surface area is 139 Å². The molecule has 0 saturated heterocycles. The molecule has 1 aliphatic rings. The number of nitrogens with zero attached hydrogens (tertiary/aromatic N) is 4. The monoisotopic (exact) mass is 386 g/mol. The average molecular weight is 387 g/mol. The van der Waals surface area contributed by atoms with Crippen LogP contribution in [0.3, 0.4) is 0 Å². The van der Waals surface area contributed by atoms with Crippen LogP contribution >= 0.6 is 39.0 Å². The van der Waals surface area contributed by atoms with Crippen molar-refractivity contribution in [3.05, 3.63) is 20.8 Å². The van der Waals surface area contributed by atoms with E-state index < -0.39 is 0 Å². The number of aromatic nitrogens is 4. The molecule has 2 heterocycles. The van der Waals surface area contributed by atoms with E-state index in [4.69, 9.17) is 0 Å². The van der Waals surface area contributed by atoms with E-state index in [0.717, 1.165) is 27.3 Å². The van der Waals surface area contributed by atoms with E-state index in [1.54, 1.807) is 0 Å². The van der Waals surface area contributed by atoms with Crippen molar-refractivity contribution in [2.75, 3.05) is 5.75 Å². The van der Waals surface area contributed by atoms with Gasteiger partial charge in [0, 0.05) is 4.47 Å². The summed E-state index contributed by atoms with van der Waals surface area (Å²) in [5.74, 6) is 0.478. The summed E-state index contributed by atoms with van der Waals surface area (Å²) in [6.45, 7) is 0. The maximum Gasteiger partial charge on any atom is 0.210 e. The number of halogens is 1. The Hall–Kier alpha value is -0.730. The SMILES string of the molecule is O=C(CSc1nnnn1C1CCCCC1)c1sccc1Br. The van der Waals surface area contributed by atoms with Crippen LogP contribution in [0.1, 0.15) is 47.8 Å². The minimum Gasteiger partial charge on any atom is -0.292 e. The van der Waals surface area contributed by atoms with Gasteiger partial charge >= 0.3 is 0 Å².